The van der Waals surface area contributed by atoms with Crippen LogP contribution in [0.4, 0.5) is 11.8 Å². The third-order valence-electron chi connectivity index (χ3n) is 10.2. The first kappa shape index (κ1) is 26.8. The molecule has 5 aliphatic rings. The first-order valence-corrected chi connectivity index (χ1v) is 15.1. The highest BCUT2D eigenvalue weighted by Gasteiger charge is 2.55. The highest BCUT2D eigenvalue weighted by Crippen LogP contribution is 2.60. The Balaban J connectivity index is 1.07. The van der Waals surface area contributed by atoms with Gasteiger partial charge in [-0.05, 0) is 112 Å². The van der Waals surface area contributed by atoms with E-state index >= 15 is 0 Å². The average Bonchev–Trinajstić information content (AvgIpc) is 2.91. The van der Waals surface area contributed by atoms with Gasteiger partial charge in [0.25, 0.3) is 0 Å². The number of aromatic nitrogens is 2. The van der Waals surface area contributed by atoms with Gasteiger partial charge in [-0.3, -0.25) is 0 Å². The van der Waals surface area contributed by atoms with Crippen LogP contribution in [0.25, 0.3) is 0 Å². The van der Waals surface area contributed by atoms with Crippen molar-refractivity contribution in [2.45, 2.75) is 82.9 Å². The molecule has 1 aromatic carbocycles. The van der Waals surface area contributed by atoms with Gasteiger partial charge in [0, 0.05) is 24.2 Å². The maximum absolute atomic E-state index is 10.3. The summed E-state index contributed by atoms with van der Waals surface area (Å²) in [5, 5.41) is 31.6. The van der Waals surface area contributed by atoms with E-state index in [1.807, 2.05) is 31.2 Å². The number of hydrogen-bond acceptors (Lipinski definition) is 7. The fraction of sp³-hybridized carbons (Fsp3) is 0.645. The Kier molecular flexibility index (Phi) is 7.47. The lowest BCUT2D eigenvalue weighted by molar-refractivity contribution is -0.0711. The van der Waals surface area contributed by atoms with Gasteiger partial charge in [0.15, 0.2) is 0 Å². The predicted molar refractivity (Wildman–Crippen MR) is 154 cm³/mol. The molecular formula is C31H41ClN6O. The lowest BCUT2D eigenvalue weighted by Crippen LogP contribution is -2.60. The number of nitrogens with one attached hydrogen (secondary N) is 3. The Morgan fingerprint density at radius 1 is 1.10 bits per heavy atom. The lowest BCUT2D eigenvalue weighted by Gasteiger charge is -2.60. The summed E-state index contributed by atoms with van der Waals surface area (Å²) in [6, 6.07) is 10.6. The lowest BCUT2D eigenvalue weighted by atomic mass is 9.48. The number of rotatable bonds is 9. The quantitative estimate of drug-likeness (QED) is 0.316. The molecule has 0 amide bonds. The Hall–Kier alpha value is -2.40. The molecule has 8 heteroatoms. The highest BCUT2D eigenvalue weighted by atomic mass is 35.5. The molecule has 5 fully saturated rings. The predicted octanol–water partition coefficient (Wildman–Crippen LogP) is 5.75. The standard InChI is InChI=1S/C31H41ClN6O/c1-30(39)8-6-20(7-9-30)16-34-27-23-10-21-11-24(27)14-31(12-21,13-23)19-37-28-25(15-33)18-36-29(38-28)35-17-22-4-2-3-5-26(22)32/h2-5,18,20-21,23-24,27,34,39H,6-14,16-17,19H2,1H3,(H2,35,36,37,38)/t20-,21?,23-,24+,27-,30-,31-. The van der Waals surface area contributed by atoms with Gasteiger partial charge < -0.3 is 21.1 Å². The zero-order chi connectivity index (χ0) is 27.0. The van der Waals surface area contributed by atoms with E-state index in [0.29, 0.717) is 40.9 Å². The smallest absolute Gasteiger partial charge is 0.224 e. The van der Waals surface area contributed by atoms with Crippen molar-refractivity contribution < 1.29 is 5.11 Å². The van der Waals surface area contributed by atoms with E-state index < -0.39 is 5.60 Å². The van der Waals surface area contributed by atoms with Crippen LogP contribution in [0.5, 0.6) is 0 Å². The minimum absolute atomic E-state index is 0.279. The number of benzene rings is 1. The number of nitrogens with zero attached hydrogens (tertiary/aromatic N) is 3. The third kappa shape index (κ3) is 5.89. The molecule has 208 valence electrons. The van der Waals surface area contributed by atoms with Crippen molar-refractivity contribution in [2.24, 2.45) is 29.1 Å². The van der Waals surface area contributed by atoms with Gasteiger partial charge in [0.2, 0.25) is 5.95 Å². The summed E-state index contributed by atoms with van der Waals surface area (Å²) in [5.74, 6) is 4.10. The summed E-state index contributed by atoms with van der Waals surface area (Å²) in [7, 11) is 0. The van der Waals surface area contributed by atoms with Gasteiger partial charge in [-0.2, -0.15) is 10.2 Å². The van der Waals surface area contributed by atoms with Crippen molar-refractivity contribution in [3.8, 4) is 6.07 Å². The first-order chi connectivity index (χ1) is 18.8. The van der Waals surface area contributed by atoms with Gasteiger partial charge in [0.05, 0.1) is 11.8 Å². The Bertz CT molecular complexity index is 1200. The van der Waals surface area contributed by atoms with E-state index in [0.717, 1.165) is 62.1 Å². The summed E-state index contributed by atoms with van der Waals surface area (Å²) in [6.45, 7) is 4.46. The molecule has 4 N–H and O–H groups in total. The molecular weight excluding hydrogens is 508 g/mol. The van der Waals surface area contributed by atoms with Gasteiger partial charge >= 0.3 is 0 Å². The van der Waals surface area contributed by atoms with Crippen molar-refractivity contribution >= 4 is 23.4 Å². The Labute approximate surface area is 237 Å². The van der Waals surface area contributed by atoms with Crippen molar-refractivity contribution in [1.29, 1.82) is 5.26 Å². The first-order valence-electron chi connectivity index (χ1n) is 14.8. The molecule has 7 nitrogen and oxygen atoms in total. The second-order valence-corrected chi connectivity index (χ2v) is 13.6. The van der Waals surface area contributed by atoms with Crippen molar-refractivity contribution in [3.63, 3.8) is 0 Å². The highest BCUT2D eigenvalue weighted by molar-refractivity contribution is 6.31. The maximum atomic E-state index is 10.3. The second kappa shape index (κ2) is 10.9. The number of halogens is 1. The van der Waals surface area contributed by atoms with Crippen molar-refractivity contribution in [3.05, 3.63) is 46.6 Å². The normalized spacial score (nSPS) is 35.0. The zero-order valence-electron chi connectivity index (χ0n) is 22.9. The molecule has 1 unspecified atom stereocenters. The van der Waals surface area contributed by atoms with Crippen LogP contribution in [-0.2, 0) is 6.54 Å². The SMILES string of the molecule is C[C@]1(O)CC[C@H](CN[C@@H]2[C@@H]3CC4C[C@H]2C[C@@](CNc2nc(NCc5ccccc5Cl)ncc2C#N)(C4)C3)CC1. The molecule has 39 heavy (non-hydrogen) atoms. The van der Waals surface area contributed by atoms with Crippen LogP contribution in [0, 0.1) is 40.4 Å². The molecule has 5 atom stereocenters. The molecule has 7 rings (SSSR count). The van der Waals surface area contributed by atoms with Crippen LogP contribution in [0.3, 0.4) is 0 Å². The zero-order valence-corrected chi connectivity index (χ0v) is 23.7. The van der Waals surface area contributed by atoms with Gasteiger partial charge in [-0.1, -0.05) is 29.8 Å². The van der Waals surface area contributed by atoms with Crippen LogP contribution in [0.15, 0.2) is 30.5 Å². The van der Waals surface area contributed by atoms with E-state index in [2.05, 4.69) is 32.0 Å². The van der Waals surface area contributed by atoms with E-state index in [9.17, 15) is 10.4 Å². The number of anilines is 2. The molecule has 5 aliphatic carbocycles. The molecule has 0 spiro atoms. The van der Waals surface area contributed by atoms with Crippen molar-refractivity contribution in [2.75, 3.05) is 23.7 Å². The molecule has 1 heterocycles. The summed E-state index contributed by atoms with van der Waals surface area (Å²) >= 11 is 6.30. The summed E-state index contributed by atoms with van der Waals surface area (Å²) in [4.78, 5) is 9.04. The fourth-order valence-corrected chi connectivity index (χ4v) is 8.52. The Morgan fingerprint density at radius 2 is 1.85 bits per heavy atom. The van der Waals surface area contributed by atoms with E-state index in [4.69, 9.17) is 11.6 Å². The molecule has 0 aliphatic heterocycles. The van der Waals surface area contributed by atoms with E-state index in [1.165, 1.54) is 32.1 Å². The minimum atomic E-state index is -0.458. The monoisotopic (exact) mass is 548 g/mol. The molecule has 0 radical (unpaired) electrons. The van der Waals surface area contributed by atoms with E-state index in [-0.39, 0.29) is 5.41 Å². The second-order valence-electron chi connectivity index (χ2n) is 13.2. The summed E-state index contributed by atoms with van der Waals surface area (Å²) < 4.78 is 0. The molecule has 1 aromatic heterocycles. The number of hydrogen-bond donors (Lipinski definition) is 4. The van der Waals surface area contributed by atoms with E-state index in [1.54, 1.807) is 6.20 Å². The summed E-state index contributed by atoms with van der Waals surface area (Å²) in [5.41, 5.74) is 1.28. The molecule has 4 bridgehead atoms. The fourth-order valence-electron chi connectivity index (χ4n) is 8.32. The van der Waals surface area contributed by atoms with Crippen LogP contribution in [0.2, 0.25) is 5.02 Å². The minimum Gasteiger partial charge on any atom is -0.390 e. The van der Waals surface area contributed by atoms with Crippen LogP contribution < -0.4 is 16.0 Å². The van der Waals surface area contributed by atoms with Crippen LogP contribution in [0.1, 0.15) is 75.8 Å². The van der Waals surface area contributed by atoms with Gasteiger partial charge in [0.1, 0.15) is 17.5 Å². The number of aliphatic hydroxyl groups is 1. The van der Waals surface area contributed by atoms with Gasteiger partial charge in [-0.25, -0.2) is 4.98 Å². The summed E-state index contributed by atoms with van der Waals surface area (Å²) in [6.07, 6.45) is 12.2. The van der Waals surface area contributed by atoms with Crippen LogP contribution >= 0.6 is 11.6 Å². The topological polar surface area (TPSA) is 106 Å². The van der Waals surface area contributed by atoms with Crippen LogP contribution in [-0.4, -0.2) is 39.8 Å². The maximum Gasteiger partial charge on any atom is 0.224 e. The Morgan fingerprint density at radius 3 is 2.56 bits per heavy atom. The molecule has 5 saturated carbocycles. The molecule has 2 aromatic rings. The third-order valence-corrected chi connectivity index (χ3v) is 10.5. The molecule has 0 saturated heterocycles. The van der Waals surface area contributed by atoms with Crippen molar-refractivity contribution in [1.82, 2.24) is 15.3 Å². The average molecular weight is 549 g/mol. The number of nitriles is 1. The largest absolute Gasteiger partial charge is 0.390 e. The van der Waals surface area contributed by atoms with Gasteiger partial charge in [-0.15, -0.1) is 0 Å².